The molecule has 1 aromatic heterocycles. The molecule has 1 aromatic carbocycles. The van der Waals surface area contributed by atoms with Crippen LogP contribution in [-0.2, 0) is 6.18 Å². The first kappa shape index (κ1) is 16.3. The average Bonchev–Trinajstić information content (AvgIpc) is 2.71. The summed E-state index contributed by atoms with van der Waals surface area (Å²) in [6.45, 7) is 1.82. The molecule has 21 heavy (non-hydrogen) atoms. The van der Waals surface area contributed by atoms with Crippen molar-refractivity contribution in [3.8, 4) is 0 Å². The fraction of sp³-hybridized carbons (Fsp3) is 0.286. The molecule has 0 radical (unpaired) electrons. The Balaban J connectivity index is 2.48. The highest BCUT2D eigenvalue weighted by Gasteiger charge is 2.34. The van der Waals surface area contributed by atoms with E-state index >= 15 is 0 Å². The molecule has 1 heterocycles. The Labute approximate surface area is 128 Å². The quantitative estimate of drug-likeness (QED) is 0.761. The van der Waals surface area contributed by atoms with Crippen LogP contribution in [0.5, 0.6) is 0 Å². The van der Waals surface area contributed by atoms with Crippen molar-refractivity contribution in [2.24, 2.45) is 0 Å². The van der Waals surface area contributed by atoms with E-state index in [9.17, 15) is 17.6 Å². The van der Waals surface area contributed by atoms with E-state index in [0.29, 0.717) is 9.90 Å². The second-order valence-electron chi connectivity index (χ2n) is 4.56. The Morgan fingerprint density at radius 2 is 1.90 bits per heavy atom. The third-order valence-corrected chi connectivity index (χ3v) is 4.70. The molecule has 2 rings (SSSR count). The van der Waals surface area contributed by atoms with Crippen molar-refractivity contribution in [1.29, 1.82) is 0 Å². The predicted molar refractivity (Wildman–Crippen MR) is 76.4 cm³/mol. The van der Waals surface area contributed by atoms with Gasteiger partial charge in [0.25, 0.3) is 0 Å². The Hall–Kier alpha value is -1.11. The normalized spacial score (nSPS) is 13.5. The molecule has 7 heteroatoms. The molecule has 114 valence electrons. The smallest absolute Gasteiger partial charge is 0.309 e. The van der Waals surface area contributed by atoms with Crippen molar-refractivity contribution >= 4 is 22.9 Å². The van der Waals surface area contributed by atoms with E-state index in [1.807, 2.05) is 13.0 Å². The molecule has 0 saturated heterocycles. The highest BCUT2D eigenvalue weighted by atomic mass is 35.5. The lowest BCUT2D eigenvalue weighted by Gasteiger charge is -2.17. The minimum atomic E-state index is -4.72. The molecule has 0 spiro atoms. The zero-order chi connectivity index (χ0) is 15.8. The van der Waals surface area contributed by atoms with E-state index in [1.165, 1.54) is 17.4 Å². The van der Waals surface area contributed by atoms with Crippen LogP contribution < -0.4 is 5.32 Å². The van der Waals surface area contributed by atoms with Crippen LogP contribution in [0.25, 0.3) is 0 Å². The molecule has 0 fully saturated rings. The molecule has 0 bridgehead atoms. The van der Waals surface area contributed by atoms with E-state index in [0.717, 1.165) is 22.6 Å². The molecule has 0 aliphatic heterocycles. The third-order valence-electron chi connectivity index (χ3n) is 3.08. The fourth-order valence-corrected chi connectivity index (χ4v) is 3.39. The second-order valence-corrected chi connectivity index (χ2v) is 6.25. The van der Waals surface area contributed by atoms with E-state index in [4.69, 9.17) is 11.6 Å². The van der Waals surface area contributed by atoms with Crippen molar-refractivity contribution in [2.75, 3.05) is 7.05 Å². The van der Waals surface area contributed by atoms with Crippen molar-refractivity contribution in [3.63, 3.8) is 0 Å². The summed E-state index contributed by atoms with van der Waals surface area (Å²) in [5.74, 6) is -1.28. The summed E-state index contributed by atoms with van der Waals surface area (Å²) in [5.41, 5.74) is -0.0705. The Kier molecular flexibility index (Phi) is 4.60. The maximum Gasteiger partial charge on any atom is 0.419 e. The SMILES string of the molecule is CNC(c1ccc(F)c(C(F)(F)F)c1)c1cc(C)c(Cl)s1. The summed E-state index contributed by atoms with van der Waals surface area (Å²) < 4.78 is 52.3. The molecule has 1 unspecified atom stereocenters. The number of thiophene rings is 1. The van der Waals surface area contributed by atoms with E-state index in [-0.39, 0.29) is 0 Å². The van der Waals surface area contributed by atoms with Crippen LogP contribution in [0.3, 0.4) is 0 Å². The van der Waals surface area contributed by atoms with Crippen molar-refractivity contribution < 1.29 is 17.6 Å². The van der Waals surface area contributed by atoms with Crippen LogP contribution in [0.4, 0.5) is 17.6 Å². The number of alkyl halides is 3. The van der Waals surface area contributed by atoms with Crippen molar-refractivity contribution in [1.82, 2.24) is 5.32 Å². The van der Waals surface area contributed by atoms with E-state index in [2.05, 4.69) is 5.32 Å². The third kappa shape index (κ3) is 3.39. The van der Waals surface area contributed by atoms with Crippen molar-refractivity contribution in [3.05, 3.63) is 56.0 Å². The maximum absolute atomic E-state index is 13.3. The highest BCUT2D eigenvalue weighted by molar-refractivity contribution is 7.16. The molecule has 1 nitrogen and oxygen atoms in total. The first-order valence-corrected chi connectivity index (χ1v) is 7.23. The molecule has 0 aliphatic carbocycles. The molecular weight excluding hydrogens is 326 g/mol. The summed E-state index contributed by atoms with van der Waals surface area (Å²) in [7, 11) is 1.63. The monoisotopic (exact) mass is 337 g/mol. The number of aryl methyl sites for hydroxylation is 1. The largest absolute Gasteiger partial charge is 0.419 e. The van der Waals surface area contributed by atoms with Gasteiger partial charge in [-0.1, -0.05) is 17.7 Å². The first-order chi connectivity index (χ1) is 9.74. The molecule has 0 amide bonds. The minimum Gasteiger partial charge on any atom is -0.309 e. The van der Waals surface area contributed by atoms with Gasteiger partial charge in [-0.05, 0) is 43.3 Å². The van der Waals surface area contributed by atoms with Gasteiger partial charge in [0.15, 0.2) is 0 Å². The fourth-order valence-electron chi connectivity index (χ4n) is 2.04. The number of rotatable bonds is 3. The Bertz CT molecular complexity index is 631. The summed E-state index contributed by atoms with van der Waals surface area (Å²) in [6.07, 6.45) is -4.72. The highest BCUT2D eigenvalue weighted by Crippen LogP contribution is 2.37. The molecule has 1 N–H and O–H groups in total. The molecule has 1 atom stereocenters. The number of nitrogens with one attached hydrogen (secondary N) is 1. The Morgan fingerprint density at radius 1 is 1.24 bits per heavy atom. The minimum absolute atomic E-state index is 0.337. The van der Waals surface area contributed by atoms with Crippen LogP contribution in [0.15, 0.2) is 24.3 Å². The summed E-state index contributed by atoms with van der Waals surface area (Å²) in [6, 6.07) is 4.35. The van der Waals surface area contributed by atoms with Gasteiger partial charge in [0, 0.05) is 4.88 Å². The summed E-state index contributed by atoms with van der Waals surface area (Å²) in [4.78, 5) is 0.778. The van der Waals surface area contributed by atoms with E-state index < -0.39 is 23.6 Å². The lowest BCUT2D eigenvalue weighted by molar-refractivity contribution is -0.140. The van der Waals surface area contributed by atoms with Crippen molar-refractivity contribution in [2.45, 2.75) is 19.1 Å². The standard InChI is InChI=1S/C14H12ClF4NS/c1-7-5-11(21-13(7)15)12(20-2)8-3-4-10(16)9(6-8)14(17,18)19/h3-6,12,20H,1-2H3. The molecular formula is C14H12ClF4NS. The van der Waals surface area contributed by atoms with Crippen LogP contribution >= 0.6 is 22.9 Å². The Morgan fingerprint density at radius 3 is 2.38 bits per heavy atom. The van der Waals surface area contributed by atoms with Crippen LogP contribution in [0.2, 0.25) is 4.34 Å². The maximum atomic E-state index is 13.3. The lowest BCUT2D eigenvalue weighted by atomic mass is 10.0. The average molecular weight is 338 g/mol. The van der Waals surface area contributed by atoms with Gasteiger partial charge in [-0.25, -0.2) is 4.39 Å². The molecule has 0 aliphatic rings. The summed E-state index contributed by atoms with van der Waals surface area (Å²) >= 11 is 7.29. The number of hydrogen-bond donors (Lipinski definition) is 1. The molecule has 2 aromatic rings. The number of hydrogen-bond acceptors (Lipinski definition) is 2. The lowest BCUT2D eigenvalue weighted by Crippen LogP contribution is -2.18. The van der Waals surface area contributed by atoms with Gasteiger partial charge in [-0.15, -0.1) is 11.3 Å². The topological polar surface area (TPSA) is 12.0 Å². The predicted octanol–water partition coefficient (Wildman–Crippen LogP) is 5.18. The summed E-state index contributed by atoms with van der Waals surface area (Å²) in [5, 5.41) is 2.94. The van der Waals surface area contributed by atoms with Gasteiger partial charge in [0.2, 0.25) is 0 Å². The zero-order valence-corrected chi connectivity index (χ0v) is 12.8. The van der Waals surface area contributed by atoms with Gasteiger partial charge in [-0.3, -0.25) is 0 Å². The molecule has 0 saturated carbocycles. The van der Waals surface area contributed by atoms with Gasteiger partial charge in [0.05, 0.1) is 15.9 Å². The van der Waals surface area contributed by atoms with Gasteiger partial charge >= 0.3 is 6.18 Å². The van der Waals surface area contributed by atoms with Gasteiger partial charge in [-0.2, -0.15) is 13.2 Å². The number of halogens is 5. The van der Waals surface area contributed by atoms with Crippen LogP contribution in [0.1, 0.15) is 27.6 Å². The van der Waals surface area contributed by atoms with Crippen LogP contribution in [0, 0.1) is 12.7 Å². The van der Waals surface area contributed by atoms with Crippen LogP contribution in [-0.4, -0.2) is 7.05 Å². The van der Waals surface area contributed by atoms with Gasteiger partial charge < -0.3 is 5.32 Å². The first-order valence-electron chi connectivity index (χ1n) is 6.03. The van der Waals surface area contributed by atoms with E-state index in [1.54, 1.807) is 7.05 Å². The number of benzene rings is 1. The zero-order valence-electron chi connectivity index (χ0n) is 11.2. The second kappa shape index (κ2) is 5.94. The van der Waals surface area contributed by atoms with Gasteiger partial charge in [0.1, 0.15) is 5.82 Å².